The van der Waals surface area contributed by atoms with Crippen molar-refractivity contribution >= 4 is 11.6 Å². The van der Waals surface area contributed by atoms with Crippen LogP contribution in [0.3, 0.4) is 0 Å². The first-order valence-electron chi connectivity index (χ1n) is 6.33. The molecule has 0 fully saturated rings. The first kappa shape index (κ1) is 13.9. The van der Waals surface area contributed by atoms with Crippen molar-refractivity contribution in [1.82, 2.24) is 10.1 Å². The predicted molar refractivity (Wildman–Crippen MR) is 74.6 cm³/mol. The number of rotatable bonds is 5. The lowest BCUT2D eigenvalue weighted by molar-refractivity contribution is 0.353. The van der Waals surface area contributed by atoms with Gasteiger partial charge in [-0.2, -0.15) is 4.98 Å². The Labute approximate surface area is 117 Å². The molecule has 0 aliphatic rings. The third kappa shape index (κ3) is 3.07. The van der Waals surface area contributed by atoms with Crippen LogP contribution < -0.4 is 4.74 Å². The topological polar surface area (TPSA) is 48.2 Å². The van der Waals surface area contributed by atoms with Crippen LogP contribution in [0.4, 0.5) is 0 Å². The van der Waals surface area contributed by atoms with Crippen molar-refractivity contribution in [3.05, 3.63) is 29.1 Å². The zero-order chi connectivity index (χ0) is 13.8. The molecule has 0 saturated heterocycles. The third-order valence-electron chi connectivity index (χ3n) is 2.99. The number of halogens is 1. The molecule has 1 aromatic carbocycles. The van der Waals surface area contributed by atoms with Crippen LogP contribution in [-0.2, 0) is 0 Å². The maximum atomic E-state index is 6.00. The van der Waals surface area contributed by atoms with Crippen LogP contribution in [0, 0.1) is 0 Å². The Morgan fingerprint density at radius 2 is 2.21 bits per heavy atom. The monoisotopic (exact) mass is 280 g/mol. The number of ether oxygens (including phenoxy) is 1. The molecule has 102 valence electrons. The van der Waals surface area contributed by atoms with Gasteiger partial charge in [-0.15, -0.1) is 0 Å². The normalized spacial score (nSPS) is 12.4. The lowest BCUT2D eigenvalue weighted by atomic mass is 10.1. The highest BCUT2D eigenvalue weighted by Crippen LogP contribution is 2.31. The molecule has 0 bridgehead atoms. The summed E-state index contributed by atoms with van der Waals surface area (Å²) in [7, 11) is 1.60. The molecule has 19 heavy (non-hydrogen) atoms. The number of hydrogen-bond acceptors (Lipinski definition) is 4. The van der Waals surface area contributed by atoms with Gasteiger partial charge in [0, 0.05) is 10.9 Å². The fraction of sp³-hybridized carbons (Fsp3) is 0.429. The summed E-state index contributed by atoms with van der Waals surface area (Å²) in [5, 5.41) is 4.63. The Bertz CT molecular complexity index is 554. The summed E-state index contributed by atoms with van der Waals surface area (Å²) >= 11 is 6.00. The van der Waals surface area contributed by atoms with E-state index in [1.54, 1.807) is 25.3 Å². The van der Waals surface area contributed by atoms with E-state index in [1.165, 1.54) is 0 Å². The van der Waals surface area contributed by atoms with Crippen molar-refractivity contribution in [1.29, 1.82) is 0 Å². The molecule has 0 aliphatic carbocycles. The summed E-state index contributed by atoms with van der Waals surface area (Å²) in [6, 6.07) is 5.34. The summed E-state index contributed by atoms with van der Waals surface area (Å²) in [5.74, 6) is 2.10. The highest BCUT2D eigenvalue weighted by molar-refractivity contribution is 6.30. The zero-order valence-electron chi connectivity index (χ0n) is 11.3. The second-order valence-corrected chi connectivity index (χ2v) is 4.93. The van der Waals surface area contributed by atoms with Crippen LogP contribution in [0.5, 0.6) is 5.75 Å². The minimum atomic E-state index is 0.261. The molecule has 2 aromatic rings. The first-order chi connectivity index (χ1) is 9.15. The number of aromatic nitrogens is 2. The van der Waals surface area contributed by atoms with E-state index in [4.69, 9.17) is 20.9 Å². The molecule has 0 radical (unpaired) electrons. The van der Waals surface area contributed by atoms with E-state index >= 15 is 0 Å². The molecular formula is C14H17ClN2O2. The molecule has 1 unspecified atom stereocenters. The smallest absolute Gasteiger partial charge is 0.229 e. The summed E-state index contributed by atoms with van der Waals surface area (Å²) in [5.41, 5.74) is 0.744. The lowest BCUT2D eigenvalue weighted by Gasteiger charge is -2.05. The number of benzene rings is 1. The fourth-order valence-corrected chi connectivity index (χ4v) is 2.13. The van der Waals surface area contributed by atoms with Gasteiger partial charge >= 0.3 is 0 Å². The number of hydrogen-bond donors (Lipinski definition) is 0. The van der Waals surface area contributed by atoms with Crippen LogP contribution in [-0.4, -0.2) is 17.3 Å². The molecule has 0 saturated carbocycles. The van der Waals surface area contributed by atoms with Crippen molar-refractivity contribution in [3.8, 4) is 17.1 Å². The molecule has 2 rings (SSSR count). The summed E-state index contributed by atoms with van der Waals surface area (Å²) in [6.45, 7) is 4.21. The van der Waals surface area contributed by atoms with Gasteiger partial charge in [0.2, 0.25) is 11.7 Å². The minimum absolute atomic E-state index is 0.261. The number of nitrogens with zero attached hydrogens (tertiary/aromatic N) is 2. The highest BCUT2D eigenvalue weighted by Gasteiger charge is 2.17. The molecular weight excluding hydrogens is 264 g/mol. The Hall–Kier alpha value is -1.55. The van der Waals surface area contributed by atoms with Crippen LogP contribution in [0.2, 0.25) is 5.02 Å². The minimum Gasteiger partial charge on any atom is -0.496 e. The van der Waals surface area contributed by atoms with Crippen LogP contribution in [0.25, 0.3) is 11.4 Å². The SMILES string of the molecule is CCCC(C)c1nc(-c2cc(Cl)ccc2OC)no1. The van der Waals surface area contributed by atoms with Gasteiger partial charge in [-0.3, -0.25) is 0 Å². The van der Waals surface area contributed by atoms with Gasteiger partial charge < -0.3 is 9.26 Å². The van der Waals surface area contributed by atoms with E-state index in [9.17, 15) is 0 Å². The summed E-state index contributed by atoms with van der Waals surface area (Å²) < 4.78 is 10.6. The Balaban J connectivity index is 2.34. The van der Waals surface area contributed by atoms with Crippen LogP contribution in [0.1, 0.15) is 38.5 Å². The van der Waals surface area contributed by atoms with Gasteiger partial charge in [-0.05, 0) is 24.6 Å². The second-order valence-electron chi connectivity index (χ2n) is 4.49. The van der Waals surface area contributed by atoms with Crippen molar-refractivity contribution in [3.63, 3.8) is 0 Å². The van der Waals surface area contributed by atoms with Crippen molar-refractivity contribution in [2.24, 2.45) is 0 Å². The molecule has 1 atom stereocenters. The van der Waals surface area contributed by atoms with Crippen molar-refractivity contribution in [2.75, 3.05) is 7.11 Å². The van der Waals surface area contributed by atoms with Gasteiger partial charge in [-0.1, -0.05) is 37.0 Å². The molecule has 0 spiro atoms. The number of methoxy groups -OCH3 is 1. The standard InChI is InChI=1S/C14H17ClN2O2/c1-4-5-9(2)14-16-13(17-19-14)11-8-10(15)6-7-12(11)18-3/h6-9H,4-5H2,1-3H3. The van der Waals surface area contributed by atoms with Crippen LogP contribution in [0.15, 0.2) is 22.7 Å². The van der Waals surface area contributed by atoms with Gasteiger partial charge in [-0.25, -0.2) is 0 Å². The van der Waals surface area contributed by atoms with E-state index in [0.717, 1.165) is 18.4 Å². The van der Waals surface area contributed by atoms with Crippen molar-refractivity contribution in [2.45, 2.75) is 32.6 Å². The quantitative estimate of drug-likeness (QED) is 0.819. The molecule has 5 heteroatoms. The molecule has 1 heterocycles. The van der Waals surface area contributed by atoms with Gasteiger partial charge in [0.1, 0.15) is 5.75 Å². The van der Waals surface area contributed by atoms with Gasteiger partial charge in [0.05, 0.1) is 12.7 Å². The summed E-state index contributed by atoms with van der Waals surface area (Å²) in [4.78, 5) is 4.43. The Morgan fingerprint density at radius 3 is 2.89 bits per heavy atom. The Kier molecular flexibility index (Phi) is 4.43. The van der Waals surface area contributed by atoms with E-state index in [-0.39, 0.29) is 5.92 Å². The highest BCUT2D eigenvalue weighted by atomic mass is 35.5. The fourth-order valence-electron chi connectivity index (χ4n) is 1.96. The Morgan fingerprint density at radius 1 is 1.42 bits per heavy atom. The lowest BCUT2D eigenvalue weighted by Crippen LogP contribution is -1.93. The average Bonchev–Trinajstić information content (AvgIpc) is 2.88. The first-order valence-corrected chi connectivity index (χ1v) is 6.71. The molecule has 1 aromatic heterocycles. The molecule has 4 nitrogen and oxygen atoms in total. The summed E-state index contributed by atoms with van der Waals surface area (Å²) in [6.07, 6.45) is 2.10. The third-order valence-corrected chi connectivity index (χ3v) is 3.22. The van der Waals surface area contributed by atoms with Gasteiger partial charge in [0.15, 0.2) is 0 Å². The molecule has 0 aliphatic heterocycles. The van der Waals surface area contributed by atoms with E-state index in [1.807, 2.05) is 0 Å². The largest absolute Gasteiger partial charge is 0.496 e. The van der Waals surface area contributed by atoms with Crippen molar-refractivity contribution < 1.29 is 9.26 Å². The maximum absolute atomic E-state index is 6.00. The van der Waals surface area contributed by atoms with E-state index < -0.39 is 0 Å². The molecule has 0 amide bonds. The predicted octanol–water partition coefficient (Wildman–Crippen LogP) is 4.30. The average molecular weight is 281 g/mol. The zero-order valence-corrected chi connectivity index (χ0v) is 12.1. The second kappa shape index (κ2) is 6.06. The van der Waals surface area contributed by atoms with Crippen LogP contribution >= 0.6 is 11.6 Å². The van der Waals surface area contributed by atoms with E-state index in [2.05, 4.69) is 24.0 Å². The maximum Gasteiger partial charge on any atom is 0.229 e. The molecule has 0 N–H and O–H groups in total. The van der Waals surface area contributed by atoms with E-state index in [0.29, 0.717) is 22.5 Å². The van der Waals surface area contributed by atoms with Gasteiger partial charge in [0.25, 0.3) is 0 Å².